The van der Waals surface area contributed by atoms with Gasteiger partial charge in [0.1, 0.15) is 0 Å². The van der Waals surface area contributed by atoms with E-state index in [2.05, 4.69) is 56.2 Å². The molecule has 1 aliphatic heterocycles. The lowest BCUT2D eigenvalue weighted by Gasteiger charge is -2.36. The zero-order chi connectivity index (χ0) is 11.7. The van der Waals surface area contributed by atoms with E-state index in [9.17, 15) is 0 Å². The van der Waals surface area contributed by atoms with E-state index in [4.69, 9.17) is 0 Å². The molecule has 2 rings (SSSR count). The fourth-order valence-electron chi connectivity index (χ4n) is 2.49. The van der Waals surface area contributed by atoms with Crippen LogP contribution in [0.25, 0.3) is 0 Å². The first-order chi connectivity index (χ1) is 7.63. The number of rotatable bonds is 2. The van der Waals surface area contributed by atoms with Crippen LogP contribution in [0, 0.1) is 0 Å². The minimum atomic E-state index is 0.581. The summed E-state index contributed by atoms with van der Waals surface area (Å²) in [7, 11) is 2.20. The van der Waals surface area contributed by atoms with Crippen molar-refractivity contribution in [3.63, 3.8) is 0 Å². The number of hydrogen-bond acceptors (Lipinski definition) is 2. The quantitative estimate of drug-likeness (QED) is 0.818. The number of benzene rings is 1. The minimum absolute atomic E-state index is 0.581. The first-order valence-electron chi connectivity index (χ1n) is 6.24. The van der Waals surface area contributed by atoms with Crippen molar-refractivity contribution in [3.8, 4) is 0 Å². The zero-order valence-electron chi connectivity index (χ0n) is 10.7. The summed E-state index contributed by atoms with van der Waals surface area (Å²) in [6.45, 7) is 7.86. The average Bonchev–Trinajstić information content (AvgIpc) is 2.27. The first kappa shape index (κ1) is 11.3. The number of hydrogen-bond donors (Lipinski definition) is 1. The van der Waals surface area contributed by atoms with Gasteiger partial charge in [-0.15, -0.1) is 0 Å². The van der Waals surface area contributed by atoms with E-state index < -0.39 is 0 Å². The van der Waals surface area contributed by atoms with Crippen LogP contribution in [0.4, 0.5) is 11.4 Å². The maximum Gasteiger partial charge on any atom is 0.0635 e. The number of para-hydroxylation sites is 1. The lowest BCUT2D eigenvalue weighted by molar-refractivity contribution is 0.657. The average molecular weight is 218 g/mol. The molecule has 0 bridgehead atoms. The van der Waals surface area contributed by atoms with Crippen LogP contribution in [0.15, 0.2) is 18.2 Å². The molecule has 2 nitrogen and oxygen atoms in total. The number of likely N-dealkylation sites (N-methyl/N-ethyl adjacent to an activating group) is 1. The van der Waals surface area contributed by atoms with Crippen LogP contribution in [0.1, 0.15) is 38.7 Å². The second-order valence-electron chi connectivity index (χ2n) is 5.03. The summed E-state index contributed by atoms with van der Waals surface area (Å²) in [6, 6.07) is 7.18. The second-order valence-corrected chi connectivity index (χ2v) is 5.03. The smallest absolute Gasteiger partial charge is 0.0635 e. The predicted molar refractivity (Wildman–Crippen MR) is 71.5 cm³/mol. The van der Waals surface area contributed by atoms with Gasteiger partial charge in [0.15, 0.2) is 0 Å². The standard InChI is InChI=1S/C14H22N2/c1-5-11-9-16(4)14-12(10(2)3)7-6-8-13(14)15-11/h6-8,10-11,15H,5,9H2,1-4H3. The molecule has 2 heteroatoms. The molecule has 1 aliphatic rings. The van der Waals surface area contributed by atoms with Crippen molar-refractivity contribution in [2.24, 2.45) is 0 Å². The van der Waals surface area contributed by atoms with Crippen molar-refractivity contribution in [2.45, 2.75) is 39.2 Å². The highest BCUT2D eigenvalue weighted by molar-refractivity contribution is 5.76. The van der Waals surface area contributed by atoms with Crippen LogP contribution in [0.5, 0.6) is 0 Å². The molecular formula is C14H22N2. The largest absolute Gasteiger partial charge is 0.379 e. The Morgan fingerprint density at radius 2 is 2.19 bits per heavy atom. The Hall–Kier alpha value is -1.18. The van der Waals surface area contributed by atoms with Crippen LogP contribution in [-0.4, -0.2) is 19.6 Å². The molecule has 0 saturated heterocycles. The van der Waals surface area contributed by atoms with E-state index in [0.29, 0.717) is 12.0 Å². The van der Waals surface area contributed by atoms with E-state index in [-0.39, 0.29) is 0 Å². The fraction of sp³-hybridized carbons (Fsp3) is 0.571. The molecule has 0 radical (unpaired) electrons. The third-order valence-corrected chi connectivity index (χ3v) is 3.42. The van der Waals surface area contributed by atoms with Gasteiger partial charge in [-0.05, 0) is 24.0 Å². The molecule has 0 amide bonds. The van der Waals surface area contributed by atoms with Crippen LogP contribution in [-0.2, 0) is 0 Å². The lowest BCUT2D eigenvalue weighted by atomic mass is 9.97. The molecule has 1 atom stereocenters. The topological polar surface area (TPSA) is 15.3 Å². The molecule has 1 aromatic carbocycles. The number of fused-ring (bicyclic) bond motifs is 1. The molecular weight excluding hydrogens is 196 g/mol. The Labute approximate surface area is 98.7 Å². The summed E-state index contributed by atoms with van der Waals surface area (Å²) < 4.78 is 0. The number of nitrogens with one attached hydrogen (secondary N) is 1. The van der Waals surface area contributed by atoms with E-state index >= 15 is 0 Å². The van der Waals surface area contributed by atoms with Gasteiger partial charge in [-0.25, -0.2) is 0 Å². The highest BCUT2D eigenvalue weighted by atomic mass is 15.2. The molecule has 88 valence electrons. The monoisotopic (exact) mass is 218 g/mol. The normalized spacial score (nSPS) is 19.6. The van der Waals surface area contributed by atoms with Crippen LogP contribution in [0.2, 0.25) is 0 Å². The lowest BCUT2D eigenvalue weighted by Crippen LogP contribution is -2.39. The first-order valence-corrected chi connectivity index (χ1v) is 6.24. The summed E-state index contributed by atoms with van der Waals surface area (Å²) in [5.41, 5.74) is 4.14. The van der Waals surface area contributed by atoms with Gasteiger partial charge < -0.3 is 10.2 Å². The molecule has 0 spiro atoms. The van der Waals surface area contributed by atoms with Gasteiger partial charge in [0.2, 0.25) is 0 Å². The minimum Gasteiger partial charge on any atom is -0.379 e. The van der Waals surface area contributed by atoms with E-state index in [1.165, 1.54) is 23.4 Å². The molecule has 0 fully saturated rings. The molecule has 1 heterocycles. The number of anilines is 2. The summed E-state index contributed by atoms with van der Waals surface area (Å²) in [4.78, 5) is 2.40. The van der Waals surface area contributed by atoms with Crippen molar-refractivity contribution in [3.05, 3.63) is 23.8 Å². The number of nitrogens with zero attached hydrogens (tertiary/aromatic N) is 1. The highest BCUT2D eigenvalue weighted by Crippen LogP contribution is 2.37. The zero-order valence-corrected chi connectivity index (χ0v) is 10.7. The Morgan fingerprint density at radius 3 is 2.81 bits per heavy atom. The molecule has 1 N–H and O–H groups in total. The van der Waals surface area contributed by atoms with Gasteiger partial charge in [0, 0.05) is 19.6 Å². The third-order valence-electron chi connectivity index (χ3n) is 3.42. The summed E-state index contributed by atoms with van der Waals surface area (Å²) in [5, 5.41) is 3.63. The molecule has 0 aromatic heterocycles. The van der Waals surface area contributed by atoms with E-state index in [1.807, 2.05) is 0 Å². The predicted octanol–water partition coefficient (Wildman–Crippen LogP) is 3.45. The van der Waals surface area contributed by atoms with E-state index in [1.54, 1.807) is 0 Å². The maximum atomic E-state index is 3.63. The Balaban J connectivity index is 2.43. The summed E-state index contributed by atoms with van der Waals surface area (Å²) >= 11 is 0. The van der Waals surface area contributed by atoms with Gasteiger partial charge in [-0.2, -0.15) is 0 Å². The molecule has 0 saturated carbocycles. The summed E-state index contributed by atoms with van der Waals surface area (Å²) in [6.07, 6.45) is 1.18. The van der Waals surface area contributed by atoms with Crippen molar-refractivity contribution < 1.29 is 0 Å². The second kappa shape index (κ2) is 4.36. The van der Waals surface area contributed by atoms with Gasteiger partial charge in [-0.1, -0.05) is 32.9 Å². The maximum absolute atomic E-state index is 3.63. The van der Waals surface area contributed by atoms with Gasteiger partial charge >= 0.3 is 0 Å². The third kappa shape index (κ3) is 1.89. The Bertz CT molecular complexity index is 371. The van der Waals surface area contributed by atoms with Crippen molar-refractivity contribution in [2.75, 3.05) is 23.8 Å². The van der Waals surface area contributed by atoms with Crippen molar-refractivity contribution >= 4 is 11.4 Å². The van der Waals surface area contributed by atoms with Gasteiger partial charge in [0.25, 0.3) is 0 Å². The van der Waals surface area contributed by atoms with Crippen LogP contribution in [0.3, 0.4) is 0 Å². The summed E-state index contributed by atoms with van der Waals surface area (Å²) in [5.74, 6) is 0.581. The molecule has 1 unspecified atom stereocenters. The van der Waals surface area contributed by atoms with Crippen molar-refractivity contribution in [1.29, 1.82) is 0 Å². The van der Waals surface area contributed by atoms with Crippen LogP contribution < -0.4 is 10.2 Å². The van der Waals surface area contributed by atoms with Gasteiger partial charge in [0.05, 0.1) is 11.4 Å². The highest BCUT2D eigenvalue weighted by Gasteiger charge is 2.23. The molecule has 16 heavy (non-hydrogen) atoms. The Morgan fingerprint density at radius 1 is 1.44 bits per heavy atom. The fourth-order valence-corrected chi connectivity index (χ4v) is 2.49. The molecule has 0 aliphatic carbocycles. The SMILES string of the molecule is CCC1CN(C)c2c(cccc2C(C)C)N1. The van der Waals surface area contributed by atoms with Crippen LogP contribution >= 0.6 is 0 Å². The molecule has 1 aromatic rings. The van der Waals surface area contributed by atoms with Crippen molar-refractivity contribution in [1.82, 2.24) is 0 Å². The Kier molecular flexibility index (Phi) is 3.08. The van der Waals surface area contributed by atoms with E-state index in [0.717, 1.165) is 6.54 Å². The van der Waals surface area contributed by atoms with Gasteiger partial charge in [-0.3, -0.25) is 0 Å².